The van der Waals surface area contributed by atoms with Gasteiger partial charge < -0.3 is 4.74 Å². The molecule has 1 aliphatic heterocycles. The molecule has 0 amide bonds. The molecule has 1 heterocycles. The fourth-order valence-electron chi connectivity index (χ4n) is 0.436. The third kappa shape index (κ3) is 0.932. The van der Waals surface area contributed by atoms with E-state index in [-0.39, 0.29) is 0 Å². The molecule has 42 valence electrons. The van der Waals surface area contributed by atoms with Gasteiger partial charge in [0, 0.05) is 0 Å². The van der Waals surface area contributed by atoms with Crippen LogP contribution in [0.1, 0.15) is 0 Å². The molecule has 1 rings (SSSR count). The van der Waals surface area contributed by atoms with Crippen LogP contribution in [0.5, 0.6) is 0 Å². The first-order chi connectivity index (χ1) is 3.93. The summed E-state index contributed by atoms with van der Waals surface area (Å²) in [5.41, 5.74) is 0. The topological polar surface area (TPSA) is 38.7 Å². The number of hydrogen-bond donors (Lipinski definition) is 0. The Balaban J connectivity index is 2.51. The predicted octanol–water partition coefficient (Wildman–Crippen LogP) is 1.18. The van der Waals surface area contributed by atoms with Gasteiger partial charge in [-0.3, -0.25) is 0 Å². The van der Waals surface area contributed by atoms with E-state index in [9.17, 15) is 4.91 Å². The number of rotatable bonds is 1. The zero-order valence-corrected chi connectivity index (χ0v) is 4.15. The van der Waals surface area contributed by atoms with Crippen LogP contribution < -0.4 is 0 Å². The Bertz CT molecular complexity index is 139. The quantitative estimate of drug-likeness (QED) is 0.476. The van der Waals surface area contributed by atoms with E-state index in [1.165, 1.54) is 6.26 Å². The maximum atomic E-state index is 9.70. The van der Waals surface area contributed by atoms with Crippen molar-refractivity contribution in [1.29, 1.82) is 0 Å². The molecule has 0 aromatic carbocycles. The van der Waals surface area contributed by atoms with Gasteiger partial charge in [-0.15, -0.1) is 4.91 Å². The van der Waals surface area contributed by atoms with Crippen LogP contribution in [0.4, 0.5) is 0 Å². The first-order valence-corrected chi connectivity index (χ1v) is 2.25. The lowest BCUT2D eigenvalue weighted by molar-refractivity contribution is 0.190. The van der Waals surface area contributed by atoms with Crippen molar-refractivity contribution in [3.63, 3.8) is 0 Å². The second-order valence-corrected chi connectivity index (χ2v) is 1.35. The van der Waals surface area contributed by atoms with Crippen molar-refractivity contribution in [3.05, 3.63) is 29.4 Å². The standard InChI is InChI=1S/C5H5NO2/c7-6-5-3-1-2-4-8-5/h1-5H. The third-order valence-electron chi connectivity index (χ3n) is 0.787. The van der Waals surface area contributed by atoms with Gasteiger partial charge in [-0.25, -0.2) is 0 Å². The molecule has 0 fully saturated rings. The highest BCUT2D eigenvalue weighted by Crippen LogP contribution is 2.01. The number of allylic oxidation sites excluding steroid dienone is 2. The first-order valence-electron chi connectivity index (χ1n) is 2.25. The molecule has 0 aliphatic carbocycles. The molecule has 3 heteroatoms. The third-order valence-corrected chi connectivity index (χ3v) is 0.787. The fourth-order valence-corrected chi connectivity index (χ4v) is 0.436. The summed E-state index contributed by atoms with van der Waals surface area (Å²) in [5.74, 6) is 0. The van der Waals surface area contributed by atoms with E-state index in [1.807, 2.05) is 0 Å². The second-order valence-electron chi connectivity index (χ2n) is 1.35. The van der Waals surface area contributed by atoms with Crippen LogP contribution in [-0.4, -0.2) is 6.23 Å². The van der Waals surface area contributed by atoms with Crippen molar-refractivity contribution in [3.8, 4) is 0 Å². The van der Waals surface area contributed by atoms with Gasteiger partial charge in [0.05, 0.1) is 6.26 Å². The van der Waals surface area contributed by atoms with Gasteiger partial charge in [0.1, 0.15) is 0 Å². The Hall–Kier alpha value is -1.12. The van der Waals surface area contributed by atoms with E-state index < -0.39 is 6.23 Å². The van der Waals surface area contributed by atoms with Gasteiger partial charge in [0.15, 0.2) is 0 Å². The molecule has 0 aromatic rings. The van der Waals surface area contributed by atoms with E-state index in [4.69, 9.17) is 0 Å². The van der Waals surface area contributed by atoms with Crippen LogP contribution >= 0.6 is 0 Å². The molecule has 1 atom stereocenters. The summed E-state index contributed by atoms with van der Waals surface area (Å²) in [6, 6.07) is 0. The van der Waals surface area contributed by atoms with Crippen molar-refractivity contribution in [2.24, 2.45) is 5.18 Å². The normalized spacial score (nSPS) is 24.8. The van der Waals surface area contributed by atoms with E-state index in [0.29, 0.717) is 0 Å². The lowest BCUT2D eigenvalue weighted by Crippen LogP contribution is -2.01. The Labute approximate surface area is 46.6 Å². The Morgan fingerprint density at radius 1 is 1.50 bits per heavy atom. The maximum absolute atomic E-state index is 9.70. The van der Waals surface area contributed by atoms with Gasteiger partial charge in [0.25, 0.3) is 0 Å². The van der Waals surface area contributed by atoms with Gasteiger partial charge in [-0.1, -0.05) is 6.08 Å². The number of nitroso groups, excluding NO2 is 1. The molecule has 8 heavy (non-hydrogen) atoms. The summed E-state index contributed by atoms with van der Waals surface area (Å²) >= 11 is 0. The van der Waals surface area contributed by atoms with Gasteiger partial charge in [-0.05, 0) is 17.3 Å². The second kappa shape index (κ2) is 2.26. The summed E-state index contributed by atoms with van der Waals surface area (Å²) in [5, 5.41) is 2.64. The first kappa shape index (κ1) is 5.03. The van der Waals surface area contributed by atoms with Crippen LogP contribution in [0, 0.1) is 4.91 Å². The van der Waals surface area contributed by atoms with Crippen LogP contribution in [-0.2, 0) is 4.74 Å². The van der Waals surface area contributed by atoms with Crippen molar-refractivity contribution < 1.29 is 4.74 Å². The van der Waals surface area contributed by atoms with Crippen LogP contribution in [0.25, 0.3) is 0 Å². The van der Waals surface area contributed by atoms with Gasteiger partial charge in [0.2, 0.25) is 6.23 Å². The molecule has 3 nitrogen and oxygen atoms in total. The minimum absolute atomic E-state index is 0.611. The molecule has 1 aliphatic rings. The van der Waals surface area contributed by atoms with E-state index in [2.05, 4.69) is 9.91 Å². The summed E-state index contributed by atoms with van der Waals surface area (Å²) < 4.78 is 4.68. The SMILES string of the molecule is O=NC1C=CC=CO1. The number of hydrogen-bond acceptors (Lipinski definition) is 3. The minimum Gasteiger partial charge on any atom is -0.469 e. The molecule has 0 N–H and O–H groups in total. The van der Waals surface area contributed by atoms with E-state index >= 15 is 0 Å². The predicted molar refractivity (Wildman–Crippen MR) is 28.9 cm³/mol. The average molecular weight is 111 g/mol. The number of ether oxygens (including phenoxy) is 1. The smallest absolute Gasteiger partial charge is 0.247 e. The molecular formula is C5H5NO2. The lowest BCUT2D eigenvalue weighted by atomic mass is 10.4. The highest BCUT2D eigenvalue weighted by Gasteiger charge is 2.01. The molecule has 1 unspecified atom stereocenters. The van der Waals surface area contributed by atoms with Crippen molar-refractivity contribution in [2.75, 3.05) is 0 Å². The van der Waals surface area contributed by atoms with Crippen molar-refractivity contribution >= 4 is 0 Å². The average Bonchev–Trinajstić information content (AvgIpc) is 1.90. The summed E-state index contributed by atoms with van der Waals surface area (Å²) in [4.78, 5) is 9.70. The van der Waals surface area contributed by atoms with E-state index in [1.54, 1.807) is 18.2 Å². The zero-order chi connectivity index (χ0) is 5.82. The highest BCUT2D eigenvalue weighted by atomic mass is 16.5. The monoisotopic (exact) mass is 111 g/mol. The van der Waals surface area contributed by atoms with Crippen LogP contribution in [0.15, 0.2) is 29.7 Å². The van der Waals surface area contributed by atoms with Gasteiger partial charge >= 0.3 is 0 Å². The zero-order valence-electron chi connectivity index (χ0n) is 4.15. The Morgan fingerprint density at radius 2 is 2.38 bits per heavy atom. The molecule has 0 aromatic heterocycles. The van der Waals surface area contributed by atoms with Crippen molar-refractivity contribution in [1.82, 2.24) is 0 Å². The summed E-state index contributed by atoms with van der Waals surface area (Å²) in [7, 11) is 0. The van der Waals surface area contributed by atoms with Crippen LogP contribution in [0.3, 0.4) is 0 Å². The summed E-state index contributed by atoms with van der Waals surface area (Å²) in [6.45, 7) is 0. The molecule has 0 saturated heterocycles. The van der Waals surface area contributed by atoms with Crippen molar-refractivity contribution in [2.45, 2.75) is 6.23 Å². The van der Waals surface area contributed by atoms with E-state index in [0.717, 1.165) is 0 Å². The molecular weight excluding hydrogens is 106 g/mol. The minimum atomic E-state index is -0.611. The van der Waals surface area contributed by atoms with Gasteiger partial charge in [-0.2, -0.15) is 0 Å². The molecule has 0 bridgehead atoms. The Morgan fingerprint density at radius 3 is 2.75 bits per heavy atom. The molecule has 0 radical (unpaired) electrons. The maximum Gasteiger partial charge on any atom is 0.247 e. The van der Waals surface area contributed by atoms with Crippen LogP contribution in [0.2, 0.25) is 0 Å². The highest BCUT2D eigenvalue weighted by molar-refractivity contribution is 5.06. The summed E-state index contributed by atoms with van der Waals surface area (Å²) in [6.07, 6.45) is 5.82. The number of nitrogens with zero attached hydrogens (tertiary/aromatic N) is 1. The lowest BCUT2D eigenvalue weighted by Gasteiger charge is -2.04. The molecule has 0 spiro atoms. The molecule has 0 saturated carbocycles. The Kier molecular flexibility index (Phi) is 1.42. The largest absolute Gasteiger partial charge is 0.469 e. The fraction of sp³-hybridized carbons (Fsp3) is 0.200.